The molecule has 5 nitrogen and oxygen atoms in total. The number of carbonyl (C=O) groups excluding carboxylic acids is 2. The summed E-state index contributed by atoms with van der Waals surface area (Å²) in [6, 6.07) is 28.1. The number of carbonyl (C=O) groups is 2. The zero-order chi connectivity index (χ0) is 25.4. The number of anilines is 2. The van der Waals surface area contributed by atoms with E-state index in [9.17, 15) is 9.59 Å². The first-order valence-corrected chi connectivity index (χ1v) is 13.8. The molecular weight excluding hydrogens is 468 g/mol. The maximum Gasteiger partial charge on any atom is 0.303 e. The first kappa shape index (κ1) is 26.0. The number of rotatable bonds is 7. The summed E-state index contributed by atoms with van der Waals surface area (Å²) in [5.41, 5.74) is 3.03. The van der Waals surface area contributed by atoms with Gasteiger partial charge in [-0.15, -0.1) is 11.8 Å². The zero-order valence-corrected chi connectivity index (χ0v) is 21.9. The minimum absolute atomic E-state index is 0.00595. The summed E-state index contributed by atoms with van der Waals surface area (Å²) in [5.74, 6) is 0.472. The van der Waals surface area contributed by atoms with Crippen molar-refractivity contribution in [3.63, 3.8) is 0 Å². The Morgan fingerprint density at radius 2 is 1.56 bits per heavy atom. The number of para-hydroxylation sites is 1. The Morgan fingerprint density at radius 1 is 0.917 bits per heavy atom. The van der Waals surface area contributed by atoms with Crippen molar-refractivity contribution >= 4 is 34.9 Å². The summed E-state index contributed by atoms with van der Waals surface area (Å²) in [7, 11) is 0. The summed E-state index contributed by atoms with van der Waals surface area (Å²) in [5, 5.41) is 3.37. The lowest BCUT2D eigenvalue weighted by molar-refractivity contribution is -0.938. The number of piperidine rings is 3. The van der Waals surface area contributed by atoms with Crippen molar-refractivity contribution in [3.05, 3.63) is 90.5 Å². The van der Waals surface area contributed by atoms with E-state index >= 15 is 0 Å². The van der Waals surface area contributed by atoms with Crippen LogP contribution >= 0.6 is 11.8 Å². The highest BCUT2D eigenvalue weighted by Crippen LogP contribution is 2.35. The molecule has 3 aliphatic heterocycles. The third-order valence-corrected chi connectivity index (χ3v) is 7.79. The Labute approximate surface area is 218 Å². The average molecular weight is 504 g/mol. The van der Waals surface area contributed by atoms with Gasteiger partial charge < -0.3 is 14.5 Å². The standard InChI is InChI=1S/C17H22NO3.C13H13NS/c1-13(19)21-17-12-18(9-7-15(17)8-10-18)11-16(20)14-5-3-2-4-6-14;1-15-13-9-5-8-12(10-13)14-11-6-3-2-4-7-11/h2-6,15,17H,7-12H2,1H3;2-10,14H,1H3/q+1;. The lowest BCUT2D eigenvalue weighted by atomic mass is 9.83. The van der Waals surface area contributed by atoms with E-state index in [1.165, 1.54) is 11.8 Å². The van der Waals surface area contributed by atoms with Crippen LogP contribution in [0.5, 0.6) is 0 Å². The Bertz CT molecular complexity index is 1150. The average Bonchev–Trinajstić information content (AvgIpc) is 2.90. The van der Waals surface area contributed by atoms with Gasteiger partial charge in [0.05, 0.1) is 13.1 Å². The van der Waals surface area contributed by atoms with E-state index in [-0.39, 0.29) is 17.9 Å². The first-order chi connectivity index (χ1) is 17.5. The molecule has 1 unspecified atom stereocenters. The molecule has 3 heterocycles. The molecule has 3 aromatic carbocycles. The van der Waals surface area contributed by atoms with Gasteiger partial charge in [0.2, 0.25) is 5.78 Å². The SMILES string of the molecule is CC(=O)OC1C[N+]2(CC(=O)c3ccccc3)CCC1CC2.CSc1cccc(Nc2ccccc2)c1. The van der Waals surface area contributed by atoms with Crippen molar-refractivity contribution in [2.75, 3.05) is 37.8 Å². The molecule has 1 N–H and O–H groups in total. The highest BCUT2D eigenvalue weighted by Gasteiger charge is 2.48. The predicted molar refractivity (Wildman–Crippen MR) is 147 cm³/mol. The van der Waals surface area contributed by atoms with Crippen LogP contribution in [0, 0.1) is 5.92 Å². The number of hydrogen-bond acceptors (Lipinski definition) is 5. The predicted octanol–water partition coefficient (Wildman–Crippen LogP) is 6.19. The summed E-state index contributed by atoms with van der Waals surface area (Å²) in [6.07, 6.45) is 4.19. The van der Waals surface area contributed by atoms with Crippen LogP contribution in [-0.2, 0) is 9.53 Å². The Morgan fingerprint density at radius 3 is 2.19 bits per heavy atom. The summed E-state index contributed by atoms with van der Waals surface area (Å²) in [6.45, 7) is 4.84. The van der Waals surface area contributed by atoms with Gasteiger partial charge in [0.15, 0.2) is 6.10 Å². The number of ketones is 1. The van der Waals surface area contributed by atoms with Gasteiger partial charge in [-0.05, 0) is 36.6 Å². The molecule has 1 atom stereocenters. The second kappa shape index (κ2) is 12.2. The minimum atomic E-state index is -0.207. The fourth-order valence-corrected chi connectivity index (χ4v) is 5.66. The number of nitrogens with zero attached hydrogens (tertiary/aromatic N) is 1. The third kappa shape index (κ3) is 6.99. The molecule has 0 aliphatic carbocycles. The van der Waals surface area contributed by atoms with Gasteiger partial charge in [0.1, 0.15) is 13.1 Å². The number of fused-ring (bicyclic) bond motifs is 3. The fourth-order valence-electron chi connectivity index (χ4n) is 5.20. The Hall–Kier alpha value is -3.09. The molecule has 0 amide bonds. The van der Waals surface area contributed by atoms with Crippen LogP contribution < -0.4 is 5.32 Å². The molecule has 6 heteroatoms. The number of benzene rings is 3. The van der Waals surface area contributed by atoms with Crippen LogP contribution in [-0.4, -0.2) is 54.8 Å². The van der Waals surface area contributed by atoms with Crippen molar-refractivity contribution < 1.29 is 18.8 Å². The Balaban J connectivity index is 0.000000179. The molecule has 0 saturated carbocycles. The number of nitrogens with one attached hydrogen (secondary N) is 1. The van der Waals surface area contributed by atoms with Crippen molar-refractivity contribution in [3.8, 4) is 0 Å². The van der Waals surface area contributed by atoms with Crippen molar-refractivity contribution in [2.24, 2.45) is 5.92 Å². The molecule has 3 fully saturated rings. The van der Waals surface area contributed by atoms with Crippen LogP contribution in [0.3, 0.4) is 0 Å². The molecule has 2 bridgehead atoms. The number of quaternary nitrogens is 1. The second-order valence-corrected chi connectivity index (χ2v) is 10.5. The molecular formula is C30H35N2O3S+. The van der Waals surface area contributed by atoms with E-state index < -0.39 is 0 Å². The van der Waals surface area contributed by atoms with Crippen LogP contribution in [0.4, 0.5) is 11.4 Å². The smallest absolute Gasteiger partial charge is 0.303 e. The fraction of sp³-hybridized carbons (Fsp3) is 0.333. The van der Waals surface area contributed by atoms with Gasteiger partial charge in [0.25, 0.3) is 0 Å². The molecule has 0 spiro atoms. The number of ether oxygens (including phenoxy) is 1. The summed E-state index contributed by atoms with van der Waals surface area (Å²) >= 11 is 1.75. The second-order valence-electron chi connectivity index (χ2n) is 9.63. The van der Waals surface area contributed by atoms with Crippen molar-refractivity contribution in [1.29, 1.82) is 0 Å². The monoisotopic (exact) mass is 503 g/mol. The van der Waals surface area contributed by atoms with Crippen LogP contribution in [0.2, 0.25) is 0 Å². The number of hydrogen-bond donors (Lipinski definition) is 1. The van der Waals surface area contributed by atoms with E-state index in [1.54, 1.807) is 11.8 Å². The van der Waals surface area contributed by atoms with Gasteiger partial charge in [-0.3, -0.25) is 9.59 Å². The van der Waals surface area contributed by atoms with Gasteiger partial charge in [-0.2, -0.15) is 0 Å². The molecule has 6 rings (SSSR count). The molecule has 0 aromatic heterocycles. The minimum Gasteiger partial charge on any atom is -0.456 e. The summed E-state index contributed by atoms with van der Waals surface area (Å²) in [4.78, 5) is 25.0. The lowest BCUT2D eigenvalue weighted by Gasteiger charge is -2.51. The first-order valence-electron chi connectivity index (χ1n) is 12.5. The molecule has 0 radical (unpaired) electrons. The van der Waals surface area contributed by atoms with E-state index in [2.05, 4.69) is 48.0 Å². The maximum atomic E-state index is 12.5. The van der Waals surface area contributed by atoms with Crippen LogP contribution in [0.15, 0.2) is 89.8 Å². The topological polar surface area (TPSA) is 55.4 Å². The molecule has 36 heavy (non-hydrogen) atoms. The maximum absolute atomic E-state index is 12.5. The number of thioether (sulfide) groups is 1. The number of Topliss-reactive ketones (excluding diaryl/α,β-unsaturated/α-hetero) is 1. The largest absolute Gasteiger partial charge is 0.456 e. The normalized spacial score (nSPS) is 22.2. The van der Waals surface area contributed by atoms with Gasteiger partial charge >= 0.3 is 5.97 Å². The quantitative estimate of drug-likeness (QED) is 0.180. The highest BCUT2D eigenvalue weighted by atomic mass is 32.2. The van der Waals surface area contributed by atoms with Crippen molar-refractivity contribution in [2.45, 2.75) is 30.8 Å². The van der Waals surface area contributed by atoms with Gasteiger partial charge in [-0.1, -0.05) is 54.6 Å². The van der Waals surface area contributed by atoms with E-state index in [0.29, 0.717) is 12.5 Å². The third-order valence-electron chi connectivity index (χ3n) is 7.07. The Kier molecular flexibility index (Phi) is 8.83. The van der Waals surface area contributed by atoms with E-state index in [1.807, 2.05) is 48.5 Å². The molecule has 3 aliphatic rings. The van der Waals surface area contributed by atoms with Gasteiger partial charge in [0, 0.05) is 47.5 Å². The van der Waals surface area contributed by atoms with E-state index in [4.69, 9.17) is 4.74 Å². The van der Waals surface area contributed by atoms with Crippen molar-refractivity contribution in [1.82, 2.24) is 0 Å². The highest BCUT2D eigenvalue weighted by molar-refractivity contribution is 7.98. The molecule has 3 saturated heterocycles. The van der Waals surface area contributed by atoms with Crippen LogP contribution in [0.1, 0.15) is 30.1 Å². The number of esters is 1. The summed E-state index contributed by atoms with van der Waals surface area (Å²) < 4.78 is 6.25. The lowest BCUT2D eigenvalue weighted by Crippen LogP contribution is -2.65. The van der Waals surface area contributed by atoms with E-state index in [0.717, 1.165) is 53.9 Å². The molecule has 3 aromatic rings. The van der Waals surface area contributed by atoms with Crippen LogP contribution in [0.25, 0.3) is 0 Å². The molecule has 188 valence electrons. The van der Waals surface area contributed by atoms with Gasteiger partial charge in [-0.25, -0.2) is 0 Å². The zero-order valence-electron chi connectivity index (χ0n) is 21.1.